The monoisotopic (exact) mass is 373 g/mol. The Morgan fingerprint density at radius 1 is 1.19 bits per heavy atom. The lowest BCUT2D eigenvalue weighted by atomic mass is 9.98. The number of aromatic nitrogens is 1. The first-order valence-corrected chi connectivity index (χ1v) is 9.97. The van der Waals surface area contributed by atoms with Crippen molar-refractivity contribution in [2.75, 3.05) is 12.4 Å². The van der Waals surface area contributed by atoms with Gasteiger partial charge in [-0.05, 0) is 43.7 Å². The summed E-state index contributed by atoms with van der Waals surface area (Å²) in [7, 11) is 0. The molecule has 2 aromatic rings. The third-order valence-electron chi connectivity index (χ3n) is 4.19. The summed E-state index contributed by atoms with van der Waals surface area (Å²) < 4.78 is 5.81. The number of thioether (sulfide) groups is 1. The zero-order valence-electron chi connectivity index (χ0n) is 15.7. The maximum Gasteiger partial charge on any atom is 0.139 e. The molecule has 140 valence electrons. The van der Waals surface area contributed by atoms with E-state index in [1.54, 1.807) is 18.5 Å². The summed E-state index contributed by atoms with van der Waals surface area (Å²) in [5.74, 6) is 1.99. The van der Waals surface area contributed by atoms with Gasteiger partial charge in [-0.15, -0.1) is 11.8 Å². The van der Waals surface area contributed by atoms with Gasteiger partial charge in [-0.25, -0.2) is 0 Å². The minimum atomic E-state index is -0.0318. The molecule has 4 nitrogen and oxygen atoms in total. The molecule has 0 aliphatic carbocycles. The molecule has 26 heavy (non-hydrogen) atoms. The van der Waals surface area contributed by atoms with E-state index in [2.05, 4.69) is 4.98 Å². The number of aromatic hydroxyl groups is 1. The zero-order valence-corrected chi connectivity index (χ0v) is 16.5. The van der Waals surface area contributed by atoms with Crippen molar-refractivity contribution in [1.29, 1.82) is 0 Å². The fourth-order valence-corrected chi connectivity index (χ4v) is 3.34. The van der Waals surface area contributed by atoms with Gasteiger partial charge in [0.15, 0.2) is 0 Å². The summed E-state index contributed by atoms with van der Waals surface area (Å²) in [5.41, 5.74) is 1.37. The fourth-order valence-electron chi connectivity index (χ4n) is 2.44. The highest BCUT2D eigenvalue weighted by Crippen LogP contribution is 2.31. The topological polar surface area (TPSA) is 59.4 Å². The molecule has 0 bridgehead atoms. The van der Waals surface area contributed by atoms with E-state index in [0.717, 1.165) is 18.6 Å². The molecule has 0 spiro atoms. The number of pyridine rings is 1. The molecule has 0 atom stereocenters. The van der Waals surface area contributed by atoms with Gasteiger partial charge in [0.25, 0.3) is 0 Å². The van der Waals surface area contributed by atoms with Crippen molar-refractivity contribution >= 4 is 17.5 Å². The van der Waals surface area contributed by atoms with Gasteiger partial charge >= 0.3 is 0 Å². The van der Waals surface area contributed by atoms with Crippen LogP contribution in [0.15, 0.2) is 41.6 Å². The normalized spacial score (nSPS) is 10.9. The molecule has 5 heteroatoms. The first-order valence-electron chi connectivity index (χ1n) is 8.98. The minimum Gasteiger partial charge on any atom is -0.507 e. The average Bonchev–Trinajstić information content (AvgIpc) is 2.64. The Balaban J connectivity index is 1.77. The Kier molecular flexibility index (Phi) is 7.98. The molecule has 1 aromatic heterocycles. The lowest BCUT2D eigenvalue weighted by Crippen LogP contribution is -2.10. The van der Waals surface area contributed by atoms with Crippen LogP contribution in [-0.4, -0.2) is 28.2 Å². The Labute approximate surface area is 160 Å². The summed E-state index contributed by atoms with van der Waals surface area (Å²) in [6, 6.07) is 7.67. The molecular formula is C21H27NO3S. The molecule has 1 N–H and O–H groups in total. The van der Waals surface area contributed by atoms with Gasteiger partial charge in [0.1, 0.15) is 17.3 Å². The van der Waals surface area contributed by atoms with Crippen molar-refractivity contribution in [2.24, 2.45) is 5.92 Å². The van der Waals surface area contributed by atoms with Crippen LogP contribution in [0.2, 0.25) is 0 Å². The van der Waals surface area contributed by atoms with Gasteiger partial charge in [-0.2, -0.15) is 0 Å². The number of ketones is 1. The Morgan fingerprint density at radius 3 is 2.62 bits per heavy atom. The Bertz CT molecular complexity index is 717. The van der Waals surface area contributed by atoms with Crippen LogP contribution in [0.4, 0.5) is 0 Å². The summed E-state index contributed by atoms with van der Waals surface area (Å²) in [5, 5.41) is 10.3. The molecule has 2 rings (SSSR count). The van der Waals surface area contributed by atoms with E-state index in [-0.39, 0.29) is 23.9 Å². The number of carbonyl (C=O) groups excluding carboxylic acids is 1. The van der Waals surface area contributed by atoms with Gasteiger partial charge in [0.05, 0.1) is 6.61 Å². The number of ether oxygens (including phenoxy) is 1. The van der Waals surface area contributed by atoms with Crippen LogP contribution < -0.4 is 4.74 Å². The van der Waals surface area contributed by atoms with Gasteiger partial charge in [-0.3, -0.25) is 9.78 Å². The molecule has 0 amide bonds. The molecule has 0 aliphatic heterocycles. The van der Waals surface area contributed by atoms with Crippen LogP contribution in [-0.2, 0) is 11.2 Å². The summed E-state index contributed by atoms with van der Waals surface area (Å²) in [6.07, 6.45) is 5.87. The number of phenols is 1. The van der Waals surface area contributed by atoms with Gasteiger partial charge < -0.3 is 9.84 Å². The van der Waals surface area contributed by atoms with Crippen LogP contribution in [0.1, 0.15) is 37.8 Å². The van der Waals surface area contributed by atoms with Crippen LogP contribution in [0.25, 0.3) is 0 Å². The van der Waals surface area contributed by atoms with Gasteiger partial charge in [0, 0.05) is 40.8 Å². The fraction of sp³-hybridized carbons (Fsp3) is 0.429. The van der Waals surface area contributed by atoms with E-state index in [1.165, 1.54) is 4.90 Å². The minimum absolute atomic E-state index is 0.0318. The SMILES string of the molecule is Cc1c(OCCCCSc2ccncc2)ccc(CC(=O)C(C)C)c1O. The van der Waals surface area contributed by atoms with Crippen molar-refractivity contribution in [3.8, 4) is 11.5 Å². The van der Waals surface area contributed by atoms with Crippen molar-refractivity contribution in [1.82, 2.24) is 4.98 Å². The van der Waals surface area contributed by atoms with E-state index in [0.29, 0.717) is 23.5 Å². The average molecular weight is 374 g/mol. The molecule has 0 radical (unpaired) electrons. The van der Waals surface area contributed by atoms with Crippen LogP contribution in [0.3, 0.4) is 0 Å². The van der Waals surface area contributed by atoms with E-state index in [4.69, 9.17) is 4.74 Å². The number of nitrogens with zero attached hydrogens (tertiary/aromatic N) is 1. The molecule has 1 aromatic carbocycles. The quantitative estimate of drug-likeness (QED) is 0.478. The highest BCUT2D eigenvalue weighted by molar-refractivity contribution is 7.99. The van der Waals surface area contributed by atoms with E-state index in [1.807, 2.05) is 50.7 Å². The molecular weight excluding hydrogens is 346 g/mol. The van der Waals surface area contributed by atoms with Crippen LogP contribution in [0, 0.1) is 12.8 Å². The number of hydrogen-bond donors (Lipinski definition) is 1. The predicted octanol–water partition coefficient (Wildman–Crippen LogP) is 4.81. The maximum absolute atomic E-state index is 11.9. The first-order chi connectivity index (χ1) is 12.5. The van der Waals surface area contributed by atoms with Gasteiger partial charge in [0.2, 0.25) is 0 Å². The number of benzene rings is 1. The van der Waals surface area contributed by atoms with E-state index in [9.17, 15) is 9.90 Å². The molecule has 0 saturated carbocycles. The second kappa shape index (κ2) is 10.2. The Morgan fingerprint density at radius 2 is 1.92 bits per heavy atom. The predicted molar refractivity (Wildman–Crippen MR) is 106 cm³/mol. The number of unbranched alkanes of at least 4 members (excludes halogenated alkanes) is 1. The number of rotatable bonds is 10. The Hall–Kier alpha value is -2.01. The molecule has 0 fully saturated rings. The number of phenolic OH excluding ortho intramolecular Hbond substituents is 1. The molecule has 0 saturated heterocycles. The lowest BCUT2D eigenvalue weighted by Gasteiger charge is -2.13. The summed E-state index contributed by atoms with van der Waals surface area (Å²) >= 11 is 1.81. The van der Waals surface area contributed by atoms with Crippen molar-refractivity contribution in [2.45, 2.75) is 44.9 Å². The highest BCUT2D eigenvalue weighted by Gasteiger charge is 2.15. The second-order valence-electron chi connectivity index (χ2n) is 6.58. The van der Waals surface area contributed by atoms with E-state index < -0.39 is 0 Å². The number of hydrogen-bond acceptors (Lipinski definition) is 5. The molecule has 0 unspecified atom stereocenters. The molecule has 0 aliphatic rings. The standard InChI is InChI=1S/C21H27NO3S/c1-15(2)19(23)14-17-6-7-20(16(3)21(17)24)25-12-4-5-13-26-18-8-10-22-11-9-18/h6-11,15,24H,4-5,12-14H2,1-3H3. The lowest BCUT2D eigenvalue weighted by molar-refractivity contribution is -0.121. The third kappa shape index (κ3) is 6.06. The van der Waals surface area contributed by atoms with Crippen molar-refractivity contribution < 1.29 is 14.6 Å². The largest absolute Gasteiger partial charge is 0.507 e. The van der Waals surface area contributed by atoms with Crippen molar-refractivity contribution in [3.63, 3.8) is 0 Å². The maximum atomic E-state index is 11.9. The zero-order chi connectivity index (χ0) is 18.9. The van der Waals surface area contributed by atoms with Crippen molar-refractivity contribution in [3.05, 3.63) is 47.8 Å². The summed E-state index contributed by atoms with van der Waals surface area (Å²) in [4.78, 5) is 17.1. The summed E-state index contributed by atoms with van der Waals surface area (Å²) in [6.45, 7) is 6.18. The first kappa shape index (κ1) is 20.3. The van der Waals surface area contributed by atoms with Crippen LogP contribution >= 0.6 is 11.8 Å². The second-order valence-corrected chi connectivity index (χ2v) is 7.75. The van der Waals surface area contributed by atoms with Gasteiger partial charge in [-0.1, -0.05) is 19.9 Å². The third-order valence-corrected chi connectivity index (χ3v) is 5.29. The number of carbonyl (C=O) groups is 1. The highest BCUT2D eigenvalue weighted by atomic mass is 32.2. The smallest absolute Gasteiger partial charge is 0.139 e. The van der Waals surface area contributed by atoms with Crippen LogP contribution in [0.5, 0.6) is 11.5 Å². The van der Waals surface area contributed by atoms with E-state index >= 15 is 0 Å². The number of Topliss-reactive ketones (excluding diaryl/α,β-unsaturated/α-hetero) is 1. The molecule has 1 heterocycles.